The lowest BCUT2D eigenvalue weighted by Crippen LogP contribution is -2.15. The number of halogens is 1. The van der Waals surface area contributed by atoms with Crippen molar-refractivity contribution in [1.29, 1.82) is 0 Å². The molecule has 0 aromatic carbocycles. The van der Waals surface area contributed by atoms with Gasteiger partial charge in [0.25, 0.3) is 0 Å². The Morgan fingerprint density at radius 1 is 1.47 bits per heavy atom. The normalized spacial score (nSPS) is 18.3. The van der Waals surface area contributed by atoms with E-state index < -0.39 is 23.8 Å². The average molecular weight is 402 g/mol. The molecule has 9 heteroatoms. The highest BCUT2D eigenvalue weighted by Gasteiger charge is 2.38. The van der Waals surface area contributed by atoms with Gasteiger partial charge < -0.3 is 7.80 Å². The molecule has 0 bridgehead atoms. The number of hydrogen-bond acceptors (Lipinski definition) is 8. The van der Waals surface area contributed by atoms with Gasteiger partial charge >= 0.3 is 11.9 Å². The molecule has 0 fully saturated rings. The largest absolute Gasteiger partial charge is 0.450 e. The van der Waals surface area contributed by atoms with Crippen molar-refractivity contribution in [2.45, 2.75) is 25.9 Å². The van der Waals surface area contributed by atoms with E-state index >= 15 is 0 Å². The Balaban J connectivity index is 2.63. The zero-order chi connectivity index (χ0) is 14.4. The zero-order valence-electron chi connectivity index (χ0n) is 10.1. The van der Waals surface area contributed by atoms with Crippen molar-refractivity contribution in [3.8, 4) is 0 Å². The Morgan fingerprint density at radius 3 is 2.68 bits per heavy atom. The molecule has 0 saturated heterocycles. The summed E-state index contributed by atoms with van der Waals surface area (Å²) in [7, 11) is 0. The molecule has 1 aliphatic heterocycles. The molecule has 1 rings (SSSR count). The number of carbonyl (C=O) groups is 3. The maximum absolute atomic E-state index is 11.5. The second-order valence-corrected chi connectivity index (χ2v) is 4.41. The van der Waals surface area contributed by atoms with Crippen LogP contribution in [0.3, 0.4) is 0 Å². The van der Waals surface area contributed by atoms with Crippen LogP contribution >= 0.6 is 35.0 Å². The maximum atomic E-state index is 11.5. The SMILES string of the molecule is CSOOC(=O)CCC1OC(=O)C(C(C)=O)=C1OI. The van der Waals surface area contributed by atoms with E-state index in [-0.39, 0.29) is 24.2 Å². The molecule has 0 spiro atoms. The van der Waals surface area contributed by atoms with Gasteiger partial charge in [-0.15, -0.1) is 4.33 Å². The topological polar surface area (TPSA) is 88.1 Å². The third kappa shape index (κ3) is 4.35. The number of ketones is 1. The fraction of sp³-hybridized carbons (Fsp3) is 0.500. The minimum Gasteiger partial charge on any atom is -0.450 e. The molecular weight excluding hydrogens is 391 g/mol. The molecule has 1 aliphatic rings. The van der Waals surface area contributed by atoms with Gasteiger partial charge in [-0.25, -0.2) is 9.59 Å². The smallest absolute Gasteiger partial charge is 0.346 e. The summed E-state index contributed by atoms with van der Waals surface area (Å²) in [6.07, 6.45) is 0.950. The standard InChI is InChI=1S/C10H11IO7S/c1-5(12)8-9(16-11)6(15-10(8)14)3-4-7(13)17-18-19-2/h6H,3-4H2,1-2H3. The Labute approximate surface area is 127 Å². The van der Waals surface area contributed by atoms with Crippen LogP contribution in [0, 0.1) is 0 Å². The monoisotopic (exact) mass is 402 g/mol. The number of ether oxygens (including phenoxy) is 1. The van der Waals surface area contributed by atoms with Crippen molar-refractivity contribution in [2.24, 2.45) is 0 Å². The highest BCUT2D eigenvalue weighted by molar-refractivity contribution is 14.1. The Morgan fingerprint density at radius 2 is 2.16 bits per heavy atom. The molecule has 19 heavy (non-hydrogen) atoms. The van der Waals surface area contributed by atoms with Gasteiger partial charge in [0.05, 0.1) is 6.42 Å². The lowest BCUT2D eigenvalue weighted by molar-refractivity contribution is -0.206. The Kier molecular flexibility index (Phi) is 6.58. The van der Waals surface area contributed by atoms with Gasteiger partial charge in [0.2, 0.25) is 0 Å². The molecule has 0 saturated carbocycles. The van der Waals surface area contributed by atoms with Crippen molar-refractivity contribution in [3.05, 3.63) is 11.3 Å². The van der Waals surface area contributed by atoms with Gasteiger partial charge in [-0.2, -0.15) is 0 Å². The first kappa shape index (κ1) is 16.2. The van der Waals surface area contributed by atoms with Crippen molar-refractivity contribution in [3.63, 3.8) is 0 Å². The molecule has 106 valence electrons. The number of Topliss-reactive ketones (excluding diaryl/α,β-unsaturated/α-hetero) is 1. The first-order valence-electron chi connectivity index (χ1n) is 5.16. The molecule has 0 aromatic rings. The zero-order valence-corrected chi connectivity index (χ0v) is 13.1. The first-order chi connectivity index (χ1) is 9.01. The number of carbonyl (C=O) groups excluding carboxylic acids is 3. The molecule has 1 atom stereocenters. The summed E-state index contributed by atoms with van der Waals surface area (Å²) >= 11 is 2.45. The maximum Gasteiger partial charge on any atom is 0.346 e. The van der Waals surface area contributed by atoms with Gasteiger partial charge in [-0.3, -0.25) is 9.68 Å². The third-order valence-corrected chi connectivity index (χ3v) is 2.91. The second-order valence-electron chi connectivity index (χ2n) is 3.50. The van der Waals surface area contributed by atoms with Crippen LogP contribution in [0.1, 0.15) is 19.8 Å². The lowest BCUT2D eigenvalue weighted by atomic mass is 10.1. The van der Waals surface area contributed by atoms with E-state index in [4.69, 9.17) is 7.80 Å². The molecule has 1 unspecified atom stereocenters. The summed E-state index contributed by atoms with van der Waals surface area (Å²) in [5.74, 6) is -1.64. The highest BCUT2D eigenvalue weighted by atomic mass is 127. The van der Waals surface area contributed by atoms with Gasteiger partial charge in [0.15, 0.2) is 40.7 Å². The quantitative estimate of drug-likeness (QED) is 0.159. The summed E-state index contributed by atoms with van der Waals surface area (Å²) in [6, 6.07) is 0. The molecular formula is C10H11IO7S. The number of hydrogen-bond donors (Lipinski definition) is 0. The Bertz CT molecular complexity index is 420. The fourth-order valence-corrected chi connectivity index (χ4v) is 2.11. The minimum atomic E-state index is -0.759. The molecule has 0 radical (unpaired) electrons. The van der Waals surface area contributed by atoms with Gasteiger partial charge in [-0.05, 0) is 6.92 Å². The van der Waals surface area contributed by atoms with E-state index in [1.54, 1.807) is 29.3 Å². The molecule has 0 amide bonds. The minimum absolute atomic E-state index is 0.0345. The number of esters is 1. The summed E-state index contributed by atoms with van der Waals surface area (Å²) in [6.45, 7) is 1.25. The summed E-state index contributed by atoms with van der Waals surface area (Å²) in [4.78, 5) is 38.4. The van der Waals surface area contributed by atoms with Crippen molar-refractivity contribution in [1.82, 2.24) is 0 Å². The number of cyclic esters (lactones) is 1. The first-order valence-corrected chi connectivity index (χ1v) is 7.19. The third-order valence-electron chi connectivity index (χ3n) is 2.23. The van der Waals surface area contributed by atoms with E-state index in [0.29, 0.717) is 0 Å². The molecule has 1 heterocycles. The van der Waals surface area contributed by atoms with Crippen LogP contribution in [-0.2, 0) is 31.4 Å². The molecule has 0 aliphatic carbocycles. The molecule has 0 N–H and O–H groups in total. The van der Waals surface area contributed by atoms with E-state index in [1.807, 2.05) is 0 Å². The van der Waals surface area contributed by atoms with E-state index in [9.17, 15) is 14.4 Å². The van der Waals surface area contributed by atoms with Crippen molar-refractivity contribution in [2.75, 3.05) is 6.26 Å². The van der Waals surface area contributed by atoms with Crippen LogP contribution in [0.5, 0.6) is 0 Å². The summed E-state index contributed by atoms with van der Waals surface area (Å²) in [5, 5.41) is 0. The van der Waals surface area contributed by atoms with E-state index in [1.165, 1.54) is 6.92 Å². The van der Waals surface area contributed by atoms with Crippen molar-refractivity contribution < 1.29 is 31.4 Å². The Hall–Kier alpha value is -0.810. The summed E-state index contributed by atoms with van der Waals surface area (Å²) in [5.41, 5.74) is -0.117. The van der Waals surface area contributed by atoms with E-state index in [0.717, 1.165) is 12.0 Å². The number of rotatable bonds is 7. The van der Waals surface area contributed by atoms with Crippen LogP contribution in [-0.4, -0.2) is 30.1 Å². The predicted molar refractivity (Wildman–Crippen MR) is 72.6 cm³/mol. The van der Waals surface area contributed by atoms with Gasteiger partial charge in [0, 0.05) is 24.7 Å². The molecule has 0 aromatic heterocycles. The van der Waals surface area contributed by atoms with Crippen LogP contribution in [0.15, 0.2) is 11.3 Å². The van der Waals surface area contributed by atoms with Gasteiger partial charge in [0.1, 0.15) is 5.57 Å². The average Bonchev–Trinajstić information content (AvgIpc) is 2.69. The lowest BCUT2D eigenvalue weighted by Gasteiger charge is -2.10. The van der Waals surface area contributed by atoms with Crippen molar-refractivity contribution >= 4 is 52.8 Å². The van der Waals surface area contributed by atoms with Crippen LogP contribution in [0.4, 0.5) is 0 Å². The predicted octanol–water partition coefficient (Wildman–Crippen LogP) is 1.65. The van der Waals surface area contributed by atoms with Crippen LogP contribution in [0.2, 0.25) is 0 Å². The highest BCUT2D eigenvalue weighted by Crippen LogP contribution is 2.29. The van der Waals surface area contributed by atoms with E-state index in [2.05, 4.69) is 9.22 Å². The van der Waals surface area contributed by atoms with Crippen LogP contribution in [0.25, 0.3) is 0 Å². The summed E-state index contributed by atoms with van der Waals surface area (Å²) < 4.78 is 14.4. The second kappa shape index (κ2) is 7.70. The van der Waals surface area contributed by atoms with Gasteiger partial charge in [-0.1, -0.05) is 0 Å². The van der Waals surface area contributed by atoms with Crippen LogP contribution < -0.4 is 0 Å². The fourth-order valence-electron chi connectivity index (χ4n) is 1.46. The molecule has 7 nitrogen and oxygen atoms in total.